The summed E-state index contributed by atoms with van der Waals surface area (Å²) in [6, 6.07) is 22.8. The molecule has 0 fully saturated rings. The molecule has 0 radical (unpaired) electrons. The molecule has 1 amide bonds. The molecule has 1 atom stereocenters. The van der Waals surface area contributed by atoms with Crippen LogP contribution in [0.5, 0.6) is 0 Å². The van der Waals surface area contributed by atoms with Crippen LogP contribution in [0, 0.1) is 0 Å². The van der Waals surface area contributed by atoms with Crippen LogP contribution in [0.1, 0.15) is 18.5 Å². The van der Waals surface area contributed by atoms with Gasteiger partial charge >= 0.3 is 5.95 Å². The fraction of sp³-hybridized carbons (Fsp3) is 0.0833. The number of H-pyrrole nitrogens is 1. The van der Waals surface area contributed by atoms with Gasteiger partial charge in [0.2, 0.25) is 5.82 Å². The predicted molar refractivity (Wildman–Crippen MR) is 126 cm³/mol. The number of fused-ring (bicyclic) bond motifs is 1. The van der Waals surface area contributed by atoms with Gasteiger partial charge in [-0.1, -0.05) is 52.3 Å². The number of carbonyl (C=O) groups is 1. The van der Waals surface area contributed by atoms with Crippen LogP contribution in [0.2, 0.25) is 0 Å². The lowest BCUT2D eigenvalue weighted by molar-refractivity contribution is -0.746. The first kappa shape index (κ1) is 20.1. The van der Waals surface area contributed by atoms with Gasteiger partial charge in [-0.25, -0.2) is 15.4 Å². The fourth-order valence-electron chi connectivity index (χ4n) is 3.83. The molecule has 3 N–H and O–H groups in total. The molecule has 0 bridgehead atoms. The summed E-state index contributed by atoms with van der Waals surface area (Å²) in [5, 5.41) is 9.59. The largest absolute Gasteiger partial charge is 0.417 e. The van der Waals surface area contributed by atoms with Crippen molar-refractivity contribution in [2.45, 2.75) is 13.0 Å². The number of aromatic nitrogens is 4. The minimum absolute atomic E-state index is 0.229. The number of halogens is 1. The summed E-state index contributed by atoms with van der Waals surface area (Å²) < 4.78 is 2.82. The molecule has 0 aliphatic carbocycles. The summed E-state index contributed by atoms with van der Waals surface area (Å²) in [7, 11) is 0. The van der Waals surface area contributed by atoms with Crippen LogP contribution in [0.25, 0.3) is 11.4 Å². The molecule has 5 rings (SSSR count). The molecular formula is C24H20BrN6O+. The summed E-state index contributed by atoms with van der Waals surface area (Å²) in [5.41, 5.74) is 3.21. The van der Waals surface area contributed by atoms with Gasteiger partial charge in [0, 0.05) is 16.2 Å². The van der Waals surface area contributed by atoms with Crippen LogP contribution in [-0.4, -0.2) is 21.0 Å². The van der Waals surface area contributed by atoms with Gasteiger partial charge in [0.05, 0.1) is 11.3 Å². The second-order valence-corrected chi connectivity index (χ2v) is 8.34. The summed E-state index contributed by atoms with van der Waals surface area (Å²) in [6.07, 6.45) is 1.65. The molecular weight excluding hydrogens is 468 g/mol. The number of aromatic amines is 1. The average molecular weight is 488 g/mol. The van der Waals surface area contributed by atoms with E-state index in [0.29, 0.717) is 23.2 Å². The maximum atomic E-state index is 13.4. The molecule has 4 aromatic rings. The summed E-state index contributed by atoms with van der Waals surface area (Å²) in [5.74, 6) is 1.62. The molecule has 0 spiro atoms. The smallest absolute Gasteiger partial charge is 0.307 e. The second-order valence-electron chi connectivity index (χ2n) is 7.42. The number of hydrogen-bond donors (Lipinski definition) is 3. The Hall–Kier alpha value is -3.78. The molecule has 7 nitrogen and oxygen atoms in total. The van der Waals surface area contributed by atoms with E-state index in [4.69, 9.17) is 4.98 Å². The first-order valence-corrected chi connectivity index (χ1v) is 10.9. The number of rotatable bonds is 4. The van der Waals surface area contributed by atoms with Crippen molar-refractivity contribution in [2.24, 2.45) is 0 Å². The molecule has 2 aromatic heterocycles. The van der Waals surface area contributed by atoms with Gasteiger partial charge < -0.3 is 5.32 Å². The van der Waals surface area contributed by atoms with E-state index in [2.05, 4.69) is 36.6 Å². The van der Waals surface area contributed by atoms with Crippen molar-refractivity contribution in [3.63, 3.8) is 0 Å². The normalized spacial score (nSPS) is 15.1. The molecule has 1 unspecified atom stereocenters. The second kappa shape index (κ2) is 8.39. The SMILES string of the molecule is CC1=C(C(=O)Nc2ccccn2)C(c2cccc(Br)c2)[n+]2[nH]c(-c3ccccc3)nc2N1. The zero-order valence-corrected chi connectivity index (χ0v) is 18.8. The molecule has 158 valence electrons. The molecule has 32 heavy (non-hydrogen) atoms. The van der Waals surface area contributed by atoms with Crippen LogP contribution >= 0.6 is 15.9 Å². The number of amides is 1. The molecule has 1 aliphatic rings. The third kappa shape index (κ3) is 3.80. The van der Waals surface area contributed by atoms with E-state index in [-0.39, 0.29) is 5.91 Å². The Morgan fingerprint density at radius 3 is 2.62 bits per heavy atom. The van der Waals surface area contributed by atoms with Crippen molar-refractivity contribution < 1.29 is 9.48 Å². The Morgan fingerprint density at radius 1 is 1.06 bits per heavy atom. The van der Waals surface area contributed by atoms with Crippen molar-refractivity contribution in [1.82, 2.24) is 15.1 Å². The third-order valence-corrected chi connectivity index (χ3v) is 5.76. The van der Waals surface area contributed by atoms with Crippen LogP contribution in [-0.2, 0) is 4.79 Å². The number of anilines is 2. The zero-order valence-electron chi connectivity index (χ0n) is 17.2. The maximum absolute atomic E-state index is 13.4. The highest BCUT2D eigenvalue weighted by Crippen LogP contribution is 2.32. The van der Waals surface area contributed by atoms with Crippen LogP contribution < -0.4 is 15.3 Å². The van der Waals surface area contributed by atoms with Crippen LogP contribution in [0.4, 0.5) is 11.8 Å². The molecule has 8 heteroatoms. The van der Waals surface area contributed by atoms with Crippen molar-refractivity contribution in [3.8, 4) is 11.4 Å². The predicted octanol–water partition coefficient (Wildman–Crippen LogP) is 4.45. The minimum Gasteiger partial charge on any atom is -0.307 e. The zero-order chi connectivity index (χ0) is 22.1. The summed E-state index contributed by atoms with van der Waals surface area (Å²) >= 11 is 3.56. The number of benzene rings is 2. The van der Waals surface area contributed by atoms with Crippen molar-refractivity contribution in [2.75, 3.05) is 10.6 Å². The van der Waals surface area contributed by atoms with Crippen LogP contribution in [0.15, 0.2) is 94.7 Å². The number of allylic oxidation sites excluding steroid dienone is 1. The third-order valence-electron chi connectivity index (χ3n) is 5.27. The van der Waals surface area contributed by atoms with E-state index in [1.165, 1.54) is 0 Å². The maximum Gasteiger partial charge on any atom is 0.417 e. The van der Waals surface area contributed by atoms with Gasteiger partial charge in [-0.3, -0.25) is 4.79 Å². The van der Waals surface area contributed by atoms with Crippen molar-refractivity contribution in [3.05, 3.63) is 100 Å². The number of nitrogens with one attached hydrogen (secondary N) is 3. The van der Waals surface area contributed by atoms with Crippen molar-refractivity contribution in [1.29, 1.82) is 0 Å². The Balaban J connectivity index is 1.62. The quantitative estimate of drug-likeness (QED) is 0.371. The van der Waals surface area contributed by atoms with Gasteiger partial charge in [0.1, 0.15) is 5.82 Å². The van der Waals surface area contributed by atoms with Gasteiger partial charge in [-0.05, 0) is 53.9 Å². The van der Waals surface area contributed by atoms with Gasteiger partial charge in [-0.15, -0.1) is 4.68 Å². The number of hydrogen-bond acceptors (Lipinski definition) is 4. The molecule has 3 heterocycles. The van der Waals surface area contributed by atoms with E-state index in [0.717, 1.165) is 21.3 Å². The first-order valence-electron chi connectivity index (χ1n) is 10.1. The lowest BCUT2D eigenvalue weighted by atomic mass is 9.95. The lowest BCUT2D eigenvalue weighted by Gasteiger charge is -2.24. The van der Waals surface area contributed by atoms with E-state index in [9.17, 15) is 4.79 Å². The van der Waals surface area contributed by atoms with E-state index < -0.39 is 6.04 Å². The van der Waals surface area contributed by atoms with Gasteiger partial charge in [0.25, 0.3) is 5.91 Å². The highest BCUT2D eigenvalue weighted by Gasteiger charge is 2.39. The van der Waals surface area contributed by atoms with Gasteiger partial charge in [-0.2, -0.15) is 0 Å². The van der Waals surface area contributed by atoms with Gasteiger partial charge in [0.15, 0.2) is 6.04 Å². The average Bonchev–Trinajstić information content (AvgIpc) is 3.23. The Labute approximate surface area is 193 Å². The van der Waals surface area contributed by atoms with Crippen LogP contribution in [0.3, 0.4) is 0 Å². The molecule has 2 aromatic carbocycles. The van der Waals surface area contributed by atoms with E-state index in [1.54, 1.807) is 12.3 Å². The lowest BCUT2D eigenvalue weighted by Crippen LogP contribution is -2.50. The topological polar surface area (TPSA) is 86.6 Å². The standard InChI is InChI=1S/C24H19BrN6O/c1-15-20(23(32)28-19-12-5-6-13-26-19)21(17-10-7-11-18(25)14-17)31-24(27-15)29-22(30-31)16-8-3-2-4-9-16/h2-14,21H,1H3,(H2,26,27,28,29,30,32)/p+1. The van der Waals surface area contributed by atoms with E-state index >= 15 is 0 Å². The summed E-state index contributed by atoms with van der Waals surface area (Å²) in [6.45, 7) is 1.89. The molecule has 1 aliphatic heterocycles. The monoisotopic (exact) mass is 487 g/mol. The first-order chi connectivity index (χ1) is 15.6. The Kier molecular flexibility index (Phi) is 5.28. The number of carbonyl (C=O) groups excluding carboxylic acids is 1. The Bertz CT molecular complexity index is 1320. The summed E-state index contributed by atoms with van der Waals surface area (Å²) in [4.78, 5) is 22.4. The highest BCUT2D eigenvalue weighted by molar-refractivity contribution is 9.10. The van der Waals surface area contributed by atoms with E-state index in [1.807, 2.05) is 78.3 Å². The highest BCUT2D eigenvalue weighted by atomic mass is 79.9. The van der Waals surface area contributed by atoms with Crippen molar-refractivity contribution >= 4 is 33.6 Å². The molecule has 0 saturated heterocycles. The fourth-order valence-corrected chi connectivity index (χ4v) is 4.25. The Morgan fingerprint density at radius 2 is 1.88 bits per heavy atom. The molecule has 0 saturated carbocycles. The minimum atomic E-state index is -0.405. The number of nitrogens with zero attached hydrogens (tertiary/aromatic N) is 3. The number of pyridine rings is 1.